The van der Waals surface area contributed by atoms with Gasteiger partial charge in [-0.1, -0.05) is 34.1 Å². The molecule has 2 aromatic heterocycles. The van der Waals surface area contributed by atoms with Crippen molar-refractivity contribution < 1.29 is 0 Å². The van der Waals surface area contributed by atoms with Gasteiger partial charge in [-0.25, -0.2) is 0 Å². The van der Waals surface area contributed by atoms with E-state index in [4.69, 9.17) is 0 Å². The molecule has 0 aliphatic carbocycles. The van der Waals surface area contributed by atoms with Crippen molar-refractivity contribution >= 4 is 37.7 Å². The summed E-state index contributed by atoms with van der Waals surface area (Å²) in [5.41, 5.74) is 3.59. The average Bonchev–Trinajstić information content (AvgIpc) is 2.90. The van der Waals surface area contributed by atoms with Gasteiger partial charge in [0.25, 0.3) is 0 Å². The molecule has 0 saturated heterocycles. The van der Waals surface area contributed by atoms with Crippen molar-refractivity contribution in [3.8, 4) is 0 Å². The highest BCUT2D eigenvalue weighted by molar-refractivity contribution is 9.10. The number of para-hydroxylation sites is 1. The summed E-state index contributed by atoms with van der Waals surface area (Å²) in [5, 5.41) is 2.47. The average molecular weight is 337 g/mol. The molecule has 21 heavy (non-hydrogen) atoms. The molecule has 4 aromatic rings. The SMILES string of the molecule is Brc1ccc2c(ccn2Cc2ccnc3ccccc23)c1. The van der Waals surface area contributed by atoms with Gasteiger partial charge in [-0.05, 0) is 42.0 Å². The van der Waals surface area contributed by atoms with Crippen molar-refractivity contribution in [3.63, 3.8) is 0 Å². The molecule has 0 atom stereocenters. The van der Waals surface area contributed by atoms with Gasteiger partial charge < -0.3 is 4.57 Å². The van der Waals surface area contributed by atoms with E-state index in [9.17, 15) is 0 Å². The second kappa shape index (κ2) is 5.01. The first-order valence-corrected chi connectivity index (χ1v) is 7.67. The van der Waals surface area contributed by atoms with Crippen molar-refractivity contribution in [2.75, 3.05) is 0 Å². The molecule has 0 fully saturated rings. The van der Waals surface area contributed by atoms with Gasteiger partial charge in [0.1, 0.15) is 0 Å². The molecule has 3 heteroatoms. The van der Waals surface area contributed by atoms with Crippen LogP contribution in [-0.4, -0.2) is 9.55 Å². The van der Waals surface area contributed by atoms with Crippen LogP contribution in [0.25, 0.3) is 21.8 Å². The lowest BCUT2D eigenvalue weighted by molar-refractivity contribution is 0.842. The Bertz CT molecular complexity index is 935. The largest absolute Gasteiger partial charge is 0.343 e. The van der Waals surface area contributed by atoms with E-state index >= 15 is 0 Å². The molecule has 0 saturated carbocycles. The molecular formula is C18H13BrN2. The van der Waals surface area contributed by atoms with Crippen molar-refractivity contribution in [2.45, 2.75) is 6.54 Å². The number of hydrogen-bond acceptors (Lipinski definition) is 1. The summed E-state index contributed by atoms with van der Waals surface area (Å²) in [4.78, 5) is 4.43. The molecule has 0 aliphatic rings. The van der Waals surface area contributed by atoms with E-state index in [1.807, 2.05) is 12.3 Å². The predicted octanol–water partition coefficient (Wildman–Crippen LogP) is 5.00. The Morgan fingerprint density at radius 1 is 1.00 bits per heavy atom. The molecule has 4 rings (SSSR count). The van der Waals surface area contributed by atoms with E-state index in [0.29, 0.717) is 0 Å². The highest BCUT2D eigenvalue weighted by Gasteiger charge is 2.05. The van der Waals surface area contributed by atoms with Crippen LogP contribution in [0.3, 0.4) is 0 Å². The van der Waals surface area contributed by atoms with E-state index in [1.54, 1.807) is 0 Å². The zero-order chi connectivity index (χ0) is 14.2. The molecule has 0 bridgehead atoms. The topological polar surface area (TPSA) is 17.8 Å². The Hall–Kier alpha value is -2.13. The zero-order valence-electron chi connectivity index (χ0n) is 11.3. The van der Waals surface area contributed by atoms with Gasteiger partial charge >= 0.3 is 0 Å². The van der Waals surface area contributed by atoms with E-state index in [-0.39, 0.29) is 0 Å². The lowest BCUT2D eigenvalue weighted by atomic mass is 10.1. The van der Waals surface area contributed by atoms with Crippen LogP contribution in [0.4, 0.5) is 0 Å². The third kappa shape index (κ3) is 2.24. The fourth-order valence-corrected chi connectivity index (χ4v) is 3.16. The number of benzene rings is 2. The Morgan fingerprint density at radius 3 is 2.86 bits per heavy atom. The maximum absolute atomic E-state index is 4.43. The molecule has 0 spiro atoms. The van der Waals surface area contributed by atoms with Gasteiger partial charge in [0.2, 0.25) is 0 Å². The lowest BCUT2D eigenvalue weighted by Crippen LogP contribution is -1.99. The number of rotatable bonds is 2. The molecular weight excluding hydrogens is 324 g/mol. The van der Waals surface area contributed by atoms with Gasteiger partial charge in [-0.2, -0.15) is 0 Å². The zero-order valence-corrected chi connectivity index (χ0v) is 12.9. The maximum Gasteiger partial charge on any atom is 0.0705 e. The summed E-state index contributed by atoms with van der Waals surface area (Å²) >= 11 is 3.52. The smallest absolute Gasteiger partial charge is 0.0705 e. The number of nitrogens with zero attached hydrogens (tertiary/aromatic N) is 2. The number of hydrogen-bond donors (Lipinski definition) is 0. The van der Waals surface area contributed by atoms with E-state index in [2.05, 4.69) is 80.2 Å². The Kier molecular flexibility index (Phi) is 3.00. The molecule has 2 heterocycles. The third-order valence-electron chi connectivity index (χ3n) is 3.81. The van der Waals surface area contributed by atoms with Gasteiger partial charge in [-0.15, -0.1) is 0 Å². The minimum absolute atomic E-state index is 0.855. The van der Waals surface area contributed by atoms with E-state index < -0.39 is 0 Å². The van der Waals surface area contributed by atoms with Crippen LogP contribution in [0.1, 0.15) is 5.56 Å². The van der Waals surface area contributed by atoms with Gasteiger partial charge in [0.05, 0.1) is 5.52 Å². The molecule has 0 unspecified atom stereocenters. The molecule has 2 nitrogen and oxygen atoms in total. The molecule has 0 aliphatic heterocycles. The van der Waals surface area contributed by atoms with Gasteiger partial charge in [-0.3, -0.25) is 4.98 Å². The summed E-state index contributed by atoms with van der Waals surface area (Å²) in [6.07, 6.45) is 4.03. The van der Waals surface area contributed by atoms with Crippen molar-refractivity contribution in [1.82, 2.24) is 9.55 Å². The van der Waals surface area contributed by atoms with Crippen LogP contribution in [0.2, 0.25) is 0 Å². The van der Waals surface area contributed by atoms with Crippen LogP contribution >= 0.6 is 15.9 Å². The molecule has 0 amide bonds. The summed E-state index contributed by atoms with van der Waals surface area (Å²) in [5.74, 6) is 0. The van der Waals surface area contributed by atoms with Crippen LogP contribution in [0.15, 0.2) is 71.5 Å². The number of pyridine rings is 1. The van der Waals surface area contributed by atoms with Crippen LogP contribution in [0, 0.1) is 0 Å². The van der Waals surface area contributed by atoms with Crippen molar-refractivity contribution in [3.05, 3.63) is 77.0 Å². The van der Waals surface area contributed by atoms with Crippen LogP contribution < -0.4 is 0 Å². The van der Waals surface area contributed by atoms with Crippen LogP contribution in [-0.2, 0) is 6.54 Å². The Labute approximate surface area is 131 Å². The highest BCUT2D eigenvalue weighted by atomic mass is 79.9. The summed E-state index contributed by atoms with van der Waals surface area (Å²) in [6.45, 7) is 0.855. The molecule has 0 N–H and O–H groups in total. The second-order valence-electron chi connectivity index (χ2n) is 5.13. The standard InChI is InChI=1S/C18H13BrN2/c19-15-5-6-18-13(11-15)8-10-21(18)12-14-7-9-20-17-4-2-1-3-16(14)17/h1-11H,12H2. The highest BCUT2D eigenvalue weighted by Crippen LogP contribution is 2.23. The third-order valence-corrected chi connectivity index (χ3v) is 4.31. The maximum atomic E-state index is 4.43. The monoisotopic (exact) mass is 336 g/mol. The van der Waals surface area contributed by atoms with Gasteiger partial charge in [0.15, 0.2) is 0 Å². The van der Waals surface area contributed by atoms with E-state index in [1.165, 1.54) is 21.9 Å². The van der Waals surface area contributed by atoms with E-state index in [0.717, 1.165) is 16.5 Å². The number of aromatic nitrogens is 2. The molecule has 2 aromatic carbocycles. The summed E-state index contributed by atoms with van der Waals surface area (Å²) in [6, 6.07) is 18.9. The molecule has 102 valence electrons. The minimum Gasteiger partial charge on any atom is -0.343 e. The summed E-state index contributed by atoms with van der Waals surface area (Å²) in [7, 11) is 0. The lowest BCUT2D eigenvalue weighted by Gasteiger charge is -2.09. The normalized spacial score (nSPS) is 11.3. The molecule has 0 radical (unpaired) electrons. The number of halogens is 1. The Balaban J connectivity index is 1.83. The van der Waals surface area contributed by atoms with Crippen molar-refractivity contribution in [1.29, 1.82) is 0 Å². The fourth-order valence-electron chi connectivity index (χ4n) is 2.79. The first-order valence-electron chi connectivity index (χ1n) is 6.88. The fraction of sp³-hybridized carbons (Fsp3) is 0.0556. The Morgan fingerprint density at radius 2 is 1.90 bits per heavy atom. The van der Waals surface area contributed by atoms with Crippen LogP contribution in [0.5, 0.6) is 0 Å². The minimum atomic E-state index is 0.855. The first-order chi connectivity index (χ1) is 10.3. The van der Waals surface area contributed by atoms with Gasteiger partial charge in [0, 0.05) is 39.7 Å². The van der Waals surface area contributed by atoms with Crippen molar-refractivity contribution in [2.24, 2.45) is 0 Å². The second-order valence-corrected chi connectivity index (χ2v) is 6.05. The number of fused-ring (bicyclic) bond motifs is 2. The first kappa shape index (κ1) is 12.6. The quantitative estimate of drug-likeness (QED) is 0.503. The predicted molar refractivity (Wildman–Crippen MR) is 90.5 cm³/mol. The summed E-state index contributed by atoms with van der Waals surface area (Å²) < 4.78 is 3.39.